The van der Waals surface area contributed by atoms with E-state index in [9.17, 15) is 9.59 Å². The van der Waals surface area contributed by atoms with Crippen molar-refractivity contribution in [3.63, 3.8) is 0 Å². The van der Waals surface area contributed by atoms with Crippen LogP contribution >= 0.6 is 0 Å². The fourth-order valence-corrected chi connectivity index (χ4v) is 2.67. The average molecular weight is 337 g/mol. The van der Waals surface area contributed by atoms with Crippen LogP contribution in [0.3, 0.4) is 0 Å². The third-order valence-electron chi connectivity index (χ3n) is 4.07. The van der Waals surface area contributed by atoms with Gasteiger partial charge in [-0.25, -0.2) is 4.98 Å². The molecule has 0 saturated heterocycles. The molecule has 0 aliphatic carbocycles. The van der Waals surface area contributed by atoms with Gasteiger partial charge in [0.15, 0.2) is 0 Å². The third kappa shape index (κ3) is 3.52. The number of fused-ring (bicyclic) bond motifs is 1. The zero-order valence-corrected chi connectivity index (χ0v) is 14.2. The number of pyridine rings is 2. The quantitative estimate of drug-likeness (QED) is 0.772. The predicted octanol–water partition coefficient (Wildman–Crippen LogP) is 1.91. The zero-order chi connectivity index (χ0) is 17.8. The minimum Gasteiger partial charge on any atom is -0.497 e. The molecule has 2 heterocycles. The van der Waals surface area contributed by atoms with Crippen molar-refractivity contribution in [1.29, 1.82) is 0 Å². The maximum Gasteiger partial charge on any atom is 0.264 e. The molecule has 0 aliphatic heterocycles. The van der Waals surface area contributed by atoms with Crippen LogP contribution in [0.5, 0.6) is 5.75 Å². The number of aryl methyl sites for hydroxylation is 1. The van der Waals surface area contributed by atoms with Crippen LogP contribution in [0.1, 0.15) is 15.9 Å². The van der Waals surface area contributed by atoms with Crippen LogP contribution in [0.25, 0.3) is 11.0 Å². The summed E-state index contributed by atoms with van der Waals surface area (Å²) in [6.07, 6.45) is 2.29. The highest BCUT2D eigenvalue weighted by atomic mass is 16.5. The van der Waals surface area contributed by atoms with E-state index in [1.807, 2.05) is 30.3 Å². The summed E-state index contributed by atoms with van der Waals surface area (Å²) in [5.41, 5.74) is 1.41. The number of hydrogen-bond donors (Lipinski definition) is 1. The molecule has 0 atom stereocenters. The van der Waals surface area contributed by atoms with Crippen LogP contribution in [-0.4, -0.2) is 29.1 Å². The van der Waals surface area contributed by atoms with Crippen molar-refractivity contribution < 1.29 is 9.53 Å². The molecule has 1 N–H and O–H groups in total. The molecule has 0 saturated carbocycles. The van der Waals surface area contributed by atoms with E-state index in [4.69, 9.17) is 4.74 Å². The fourth-order valence-electron chi connectivity index (χ4n) is 2.67. The van der Waals surface area contributed by atoms with E-state index in [0.29, 0.717) is 18.6 Å². The largest absolute Gasteiger partial charge is 0.497 e. The van der Waals surface area contributed by atoms with Gasteiger partial charge < -0.3 is 10.1 Å². The predicted molar refractivity (Wildman–Crippen MR) is 96.0 cm³/mol. The number of aromatic nitrogens is 2. The van der Waals surface area contributed by atoms with E-state index in [2.05, 4.69) is 10.3 Å². The molecular formula is C19H19N3O3. The molecule has 0 bridgehead atoms. The molecule has 3 aromatic rings. The van der Waals surface area contributed by atoms with Gasteiger partial charge in [0, 0.05) is 25.2 Å². The summed E-state index contributed by atoms with van der Waals surface area (Å²) in [5.74, 6) is 0.418. The Bertz CT molecular complexity index is 962. The number of benzene rings is 1. The second-order valence-corrected chi connectivity index (χ2v) is 5.69. The van der Waals surface area contributed by atoms with Crippen LogP contribution < -0.4 is 15.6 Å². The lowest BCUT2D eigenvalue weighted by Gasteiger charge is -2.09. The Kier molecular flexibility index (Phi) is 4.79. The van der Waals surface area contributed by atoms with Crippen LogP contribution in [0, 0.1) is 0 Å². The second kappa shape index (κ2) is 7.17. The zero-order valence-electron chi connectivity index (χ0n) is 14.2. The molecule has 1 amide bonds. The molecular weight excluding hydrogens is 318 g/mol. The summed E-state index contributed by atoms with van der Waals surface area (Å²) in [7, 11) is 3.24. The van der Waals surface area contributed by atoms with Crippen LogP contribution in [-0.2, 0) is 13.5 Å². The Labute approximate surface area is 145 Å². The molecule has 128 valence electrons. The molecule has 0 radical (unpaired) electrons. The summed E-state index contributed by atoms with van der Waals surface area (Å²) in [6.45, 7) is 0.444. The first-order valence-corrected chi connectivity index (χ1v) is 7.96. The summed E-state index contributed by atoms with van der Waals surface area (Å²) < 4.78 is 6.51. The van der Waals surface area contributed by atoms with Gasteiger partial charge in [-0.15, -0.1) is 0 Å². The first kappa shape index (κ1) is 16.7. The van der Waals surface area contributed by atoms with Gasteiger partial charge >= 0.3 is 0 Å². The normalized spacial score (nSPS) is 10.6. The molecule has 2 aromatic heterocycles. The van der Waals surface area contributed by atoms with E-state index in [-0.39, 0.29) is 17.0 Å². The highest BCUT2D eigenvalue weighted by Crippen LogP contribution is 2.12. The molecule has 6 heteroatoms. The first-order chi connectivity index (χ1) is 12.1. The van der Waals surface area contributed by atoms with Crippen molar-refractivity contribution in [3.05, 3.63) is 70.1 Å². The van der Waals surface area contributed by atoms with Crippen LogP contribution in [0.2, 0.25) is 0 Å². The lowest BCUT2D eigenvalue weighted by molar-refractivity contribution is 0.0952. The Morgan fingerprint density at radius 1 is 1.24 bits per heavy atom. The molecule has 0 aliphatic rings. The first-order valence-electron chi connectivity index (χ1n) is 7.96. The van der Waals surface area contributed by atoms with Gasteiger partial charge in [-0.1, -0.05) is 12.1 Å². The maximum absolute atomic E-state index is 12.4. The summed E-state index contributed by atoms with van der Waals surface area (Å²) in [5, 5.41) is 3.56. The Morgan fingerprint density at radius 3 is 2.72 bits per heavy atom. The maximum atomic E-state index is 12.4. The molecule has 1 aromatic carbocycles. The number of rotatable bonds is 5. The van der Waals surface area contributed by atoms with Crippen LogP contribution in [0.4, 0.5) is 0 Å². The number of ether oxygens (including phenoxy) is 1. The van der Waals surface area contributed by atoms with Gasteiger partial charge in [0.1, 0.15) is 17.0 Å². The minimum atomic E-state index is -0.375. The topological polar surface area (TPSA) is 73.2 Å². The molecule has 0 spiro atoms. The fraction of sp³-hybridized carbons (Fsp3) is 0.211. The van der Waals surface area contributed by atoms with Crippen molar-refractivity contribution >= 4 is 16.9 Å². The highest BCUT2D eigenvalue weighted by molar-refractivity contribution is 5.96. The lowest BCUT2D eigenvalue weighted by atomic mass is 10.1. The smallest absolute Gasteiger partial charge is 0.264 e. The van der Waals surface area contributed by atoms with Crippen molar-refractivity contribution in [2.24, 2.45) is 7.05 Å². The summed E-state index contributed by atoms with van der Waals surface area (Å²) in [6, 6.07) is 12.9. The Hall–Kier alpha value is -3.15. The number of carbonyl (C=O) groups excluding carboxylic acids is 1. The van der Waals surface area contributed by atoms with Crippen molar-refractivity contribution in [2.75, 3.05) is 13.7 Å². The number of hydrogen-bond acceptors (Lipinski definition) is 4. The van der Waals surface area contributed by atoms with Gasteiger partial charge in [-0.2, -0.15) is 0 Å². The molecule has 25 heavy (non-hydrogen) atoms. The monoisotopic (exact) mass is 337 g/mol. The van der Waals surface area contributed by atoms with Crippen molar-refractivity contribution in [2.45, 2.75) is 6.42 Å². The van der Waals surface area contributed by atoms with Crippen molar-refractivity contribution in [1.82, 2.24) is 14.9 Å². The van der Waals surface area contributed by atoms with E-state index in [1.54, 1.807) is 32.5 Å². The summed E-state index contributed by atoms with van der Waals surface area (Å²) >= 11 is 0. The van der Waals surface area contributed by atoms with E-state index >= 15 is 0 Å². The van der Waals surface area contributed by atoms with E-state index < -0.39 is 0 Å². The van der Waals surface area contributed by atoms with Crippen LogP contribution in [0.15, 0.2) is 53.5 Å². The molecule has 6 nitrogen and oxygen atoms in total. The van der Waals surface area contributed by atoms with Gasteiger partial charge in [-0.05, 0) is 42.3 Å². The Morgan fingerprint density at radius 2 is 2.00 bits per heavy atom. The van der Waals surface area contributed by atoms with Gasteiger partial charge in [0.2, 0.25) is 0 Å². The van der Waals surface area contributed by atoms with Gasteiger partial charge in [-0.3, -0.25) is 14.2 Å². The molecule has 0 fully saturated rings. The number of nitrogens with one attached hydrogen (secondary N) is 1. The number of amides is 1. The standard InChI is InChI=1S/C19H19N3O3/c1-22-17-14(4-3-10-20-17)12-16(19(22)24)18(23)21-11-9-13-5-7-15(25-2)8-6-13/h3-8,10,12H,9,11H2,1-2H3,(H,21,23). The van der Waals surface area contributed by atoms with E-state index in [0.717, 1.165) is 16.7 Å². The van der Waals surface area contributed by atoms with Gasteiger partial charge in [0.05, 0.1) is 7.11 Å². The van der Waals surface area contributed by atoms with E-state index in [1.165, 1.54) is 4.57 Å². The molecule has 0 unspecified atom stereocenters. The summed E-state index contributed by atoms with van der Waals surface area (Å²) in [4.78, 5) is 28.9. The number of nitrogens with zero attached hydrogens (tertiary/aromatic N) is 2. The minimum absolute atomic E-state index is 0.123. The number of carbonyl (C=O) groups is 1. The second-order valence-electron chi connectivity index (χ2n) is 5.69. The SMILES string of the molecule is COc1ccc(CCNC(=O)c2cc3cccnc3n(C)c2=O)cc1. The number of methoxy groups -OCH3 is 1. The highest BCUT2D eigenvalue weighted by Gasteiger charge is 2.14. The third-order valence-corrected chi connectivity index (χ3v) is 4.07. The van der Waals surface area contributed by atoms with Crippen molar-refractivity contribution in [3.8, 4) is 5.75 Å². The lowest BCUT2D eigenvalue weighted by Crippen LogP contribution is -2.33. The van der Waals surface area contributed by atoms with Gasteiger partial charge in [0.25, 0.3) is 11.5 Å². The average Bonchev–Trinajstić information content (AvgIpc) is 2.65. The molecule has 3 rings (SSSR count). The Balaban J connectivity index is 1.71.